The van der Waals surface area contributed by atoms with Gasteiger partial charge >= 0.3 is 0 Å². The number of hydrogen-bond acceptors (Lipinski definition) is 3. The van der Waals surface area contributed by atoms with E-state index in [0.29, 0.717) is 0 Å². The van der Waals surface area contributed by atoms with Gasteiger partial charge in [0.15, 0.2) is 5.78 Å². The molecule has 0 fully saturated rings. The molecule has 0 saturated heterocycles. The fourth-order valence-electron chi connectivity index (χ4n) is 1.95. The quantitative estimate of drug-likeness (QED) is 0.801. The summed E-state index contributed by atoms with van der Waals surface area (Å²) >= 11 is 0. The van der Waals surface area contributed by atoms with Gasteiger partial charge in [-0.1, -0.05) is 44.2 Å². The Morgan fingerprint density at radius 1 is 1.00 bits per heavy atom. The van der Waals surface area contributed by atoms with Gasteiger partial charge in [0.1, 0.15) is 6.04 Å². The number of hydrogen-bond donors (Lipinski definition) is 2. The maximum atomic E-state index is 12.2. The van der Waals surface area contributed by atoms with Crippen LogP contribution in [0.25, 0.3) is 0 Å². The van der Waals surface area contributed by atoms with Crippen molar-refractivity contribution in [3.05, 3.63) is 35.9 Å². The summed E-state index contributed by atoms with van der Waals surface area (Å²) in [5.41, 5.74) is 0.889. The van der Waals surface area contributed by atoms with Gasteiger partial charge < -0.3 is 10.6 Å². The van der Waals surface area contributed by atoms with Crippen LogP contribution in [-0.4, -0.2) is 29.7 Å². The van der Waals surface area contributed by atoms with E-state index in [1.165, 1.54) is 6.92 Å². The SMILES string of the molecule is CC(=O)[C@H](C)NC(=O)[C@@H](NC(=O)Cc1ccccc1)C(C)C. The Morgan fingerprint density at radius 2 is 1.59 bits per heavy atom. The van der Waals surface area contributed by atoms with Gasteiger partial charge in [0, 0.05) is 0 Å². The first-order valence-electron chi connectivity index (χ1n) is 7.45. The van der Waals surface area contributed by atoms with Gasteiger partial charge in [-0.25, -0.2) is 0 Å². The summed E-state index contributed by atoms with van der Waals surface area (Å²) in [5, 5.41) is 5.37. The smallest absolute Gasteiger partial charge is 0.243 e. The van der Waals surface area contributed by atoms with Gasteiger partial charge in [0.25, 0.3) is 0 Å². The van der Waals surface area contributed by atoms with Crippen molar-refractivity contribution < 1.29 is 14.4 Å². The van der Waals surface area contributed by atoms with Crippen LogP contribution in [0, 0.1) is 5.92 Å². The number of carbonyl (C=O) groups is 3. The third kappa shape index (κ3) is 5.68. The average Bonchev–Trinajstić information content (AvgIpc) is 2.45. The Bertz CT molecular complexity index is 526. The second-order valence-electron chi connectivity index (χ2n) is 5.79. The molecule has 0 unspecified atom stereocenters. The summed E-state index contributed by atoms with van der Waals surface area (Å²) < 4.78 is 0. The van der Waals surface area contributed by atoms with Crippen LogP contribution in [-0.2, 0) is 20.8 Å². The lowest BCUT2D eigenvalue weighted by atomic mass is 10.0. The van der Waals surface area contributed by atoms with E-state index in [1.54, 1.807) is 6.92 Å². The molecule has 0 bridgehead atoms. The molecule has 0 spiro atoms. The van der Waals surface area contributed by atoms with Crippen LogP contribution in [0.3, 0.4) is 0 Å². The van der Waals surface area contributed by atoms with Gasteiger partial charge in [0.05, 0.1) is 12.5 Å². The van der Waals surface area contributed by atoms with E-state index in [0.717, 1.165) is 5.56 Å². The molecule has 1 aromatic carbocycles. The van der Waals surface area contributed by atoms with Crippen molar-refractivity contribution in [1.82, 2.24) is 10.6 Å². The van der Waals surface area contributed by atoms with E-state index < -0.39 is 12.1 Å². The van der Waals surface area contributed by atoms with Crippen LogP contribution in [0.15, 0.2) is 30.3 Å². The summed E-state index contributed by atoms with van der Waals surface area (Å²) in [4.78, 5) is 35.5. The average molecular weight is 304 g/mol. The zero-order valence-corrected chi connectivity index (χ0v) is 13.6. The fourth-order valence-corrected chi connectivity index (χ4v) is 1.95. The highest BCUT2D eigenvalue weighted by atomic mass is 16.2. The molecular formula is C17H24N2O3. The van der Waals surface area contributed by atoms with E-state index in [2.05, 4.69) is 10.6 Å². The molecule has 22 heavy (non-hydrogen) atoms. The van der Waals surface area contributed by atoms with Crippen LogP contribution in [0.1, 0.15) is 33.3 Å². The number of benzene rings is 1. The lowest BCUT2D eigenvalue weighted by molar-refractivity contribution is -0.131. The fraction of sp³-hybridized carbons (Fsp3) is 0.471. The van der Waals surface area contributed by atoms with Crippen LogP contribution in [0.2, 0.25) is 0 Å². The Hall–Kier alpha value is -2.17. The molecule has 0 radical (unpaired) electrons. The van der Waals surface area contributed by atoms with Crippen LogP contribution < -0.4 is 10.6 Å². The molecule has 2 amide bonds. The van der Waals surface area contributed by atoms with Crippen LogP contribution in [0.4, 0.5) is 0 Å². The van der Waals surface area contributed by atoms with Gasteiger partial charge in [0.2, 0.25) is 11.8 Å². The summed E-state index contributed by atoms with van der Waals surface area (Å²) in [5.74, 6) is -0.736. The lowest BCUT2D eigenvalue weighted by Gasteiger charge is -2.23. The highest BCUT2D eigenvalue weighted by Gasteiger charge is 2.25. The van der Waals surface area contributed by atoms with Crippen LogP contribution >= 0.6 is 0 Å². The highest BCUT2D eigenvalue weighted by Crippen LogP contribution is 2.05. The normalized spacial score (nSPS) is 13.3. The Morgan fingerprint density at radius 3 is 2.09 bits per heavy atom. The van der Waals surface area contributed by atoms with Gasteiger partial charge in [-0.05, 0) is 25.3 Å². The number of carbonyl (C=O) groups excluding carboxylic acids is 3. The first kappa shape index (κ1) is 17.9. The second-order valence-corrected chi connectivity index (χ2v) is 5.79. The standard InChI is InChI=1S/C17H24N2O3/c1-11(2)16(17(22)18-12(3)13(4)20)19-15(21)10-14-8-6-5-7-9-14/h5-9,11-12,16H,10H2,1-4H3,(H,18,22)(H,19,21)/t12-,16-/m0/s1. The van der Waals surface area contributed by atoms with Gasteiger partial charge in [-0.2, -0.15) is 0 Å². The molecule has 5 nitrogen and oxygen atoms in total. The zero-order valence-electron chi connectivity index (χ0n) is 13.6. The van der Waals surface area contributed by atoms with Crippen molar-refractivity contribution in [1.29, 1.82) is 0 Å². The third-order valence-electron chi connectivity index (χ3n) is 3.44. The van der Waals surface area contributed by atoms with Crippen molar-refractivity contribution in [3.8, 4) is 0 Å². The highest BCUT2D eigenvalue weighted by molar-refractivity contribution is 5.92. The molecule has 5 heteroatoms. The molecule has 0 aliphatic rings. The van der Waals surface area contributed by atoms with E-state index in [4.69, 9.17) is 0 Å². The molecule has 1 rings (SSSR count). The van der Waals surface area contributed by atoms with Gasteiger partial charge in [-0.15, -0.1) is 0 Å². The van der Waals surface area contributed by atoms with E-state index in [-0.39, 0.29) is 29.9 Å². The predicted octanol–water partition coefficient (Wildman–Crippen LogP) is 1.46. The summed E-state index contributed by atoms with van der Waals surface area (Å²) in [6.45, 7) is 6.75. The van der Waals surface area contributed by atoms with Crippen molar-refractivity contribution in [2.24, 2.45) is 5.92 Å². The number of nitrogens with one attached hydrogen (secondary N) is 2. The number of ketones is 1. The van der Waals surface area contributed by atoms with Gasteiger partial charge in [-0.3, -0.25) is 14.4 Å². The van der Waals surface area contributed by atoms with Crippen molar-refractivity contribution in [2.45, 2.75) is 46.2 Å². The minimum Gasteiger partial charge on any atom is -0.345 e. The largest absolute Gasteiger partial charge is 0.345 e. The minimum atomic E-state index is -0.655. The maximum Gasteiger partial charge on any atom is 0.243 e. The van der Waals surface area contributed by atoms with E-state index in [1.807, 2.05) is 44.2 Å². The van der Waals surface area contributed by atoms with Crippen LogP contribution in [0.5, 0.6) is 0 Å². The minimum absolute atomic E-state index is 0.0705. The molecule has 0 heterocycles. The van der Waals surface area contributed by atoms with E-state index in [9.17, 15) is 14.4 Å². The molecule has 0 aliphatic carbocycles. The van der Waals surface area contributed by atoms with Crippen molar-refractivity contribution in [3.63, 3.8) is 0 Å². The summed E-state index contributed by atoms with van der Waals surface area (Å²) in [6.07, 6.45) is 0.222. The van der Waals surface area contributed by atoms with E-state index >= 15 is 0 Å². The summed E-state index contributed by atoms with van der Waals surface area (Å²) in [6, 6.07) is 8.13. The third-order valence-corrected chi connectivity index (χ3v) is 3.44. The molecule has 1 aromatic rings. The van der Waals surface area contributed by atoms with Crippen molar-refractivity contribution in [2.75, 3.05) is 0 Å². The lowest BCUT2D eigenvalue weighted by Crippen LogP contribution is -2.53. The Labute approximate surface area is 131 Å². The molecule has 2 atom stereocenters. The number of amides is 2. The topological polar surface area (TPSA) is 75.3 Å². The first-order valence-corrected chi connectivity index (χ1v) is 7.45. The Kier molecular flexibility index (Phi) is 6.76. The number of Topliss-reactive ketones (excluding diaryl/α,β-unsaturated/α-hetero) is 1. The monoisotopic (exact) mass is 304 g/mol. The zero-order chi connectivity index (χ0) is 16.7. The predicted molar refractivity (Wildman–Crippen MR) is 85.2 cm³/mol. The summed E-state index contributed by atoms with van der Waals surface area (Å²) in [7, 11) is 0. The van der Waals surface area contributed by atoms with Crippen molar-refractivity contribution >= 4 is 17.6 Å². The molecule has 0 aliphatic heterocycles. The molecular weight excluding hydrogens is 280 g/mol. The Balaban J connectivity index is 2.65. The molecule has 0 saturated carbocycles. The second kappa shape index (κ2) is 8.32. The maximum absolute atomic E-state index is 12.2. The molecule has 2 N–H and O–H groups in total. The molecule has 120 valence electrons. The number of rotatable bonds is 7. The first-order chi connectivity index (χ1) is 10.3. The molecule has 0 aromatic heterocycles.